The molecule has 3 N–H and O–H groups in total. The maximum Gasteiger partial charge on any atom is 0.341 e. The Morgan fingerprint density at radius 1 is 0.935 bits per heavy atom. The molecule has 0 saturated heterocycles. The summed E-state index contributed by atoms with van der Waals surface area (Å²) in [6.07, 6.45) is 2.96. The Hall–Kier alpha value is -4.46. The number of benzene rings is 2. The molecule has 0 radical (unpaired) electrons. The highest BCUT2D eigenvalue weighted by Crippen LogP contribution is 2.32. The molecule has 0 spiro atoms. The second-order valence-electron chi connectivity index (χ2n) is 6.47. The van der Waals surface area contributed by atoms with Crippen molar-refractivity contribution in [1.82, 2.24) is 15.0 Å². The zero-order valence-electron chi connectivity index (χ0n) is 16.4. The van der Waals surface area contributed by atoms with Crippen molar-refractivity contribution in [3.63, 3.8) is 0 Å². The number of aromatic carboxylic acids is 1. The third kappa shape index (κ3) is 5.13. The third-order valence-corrected chi connectivity index (χ3v) is 4.28. The Morgan fingerprint density at radius 3 is 2.48 bits per heavy atom. The van der Waals surface area contributed by atoms with Gasteiger partial charge in [0.15, 0.2) is 11.6 Å². The normalized spacial score (nSPS) is 10.3. The van der Waals surface area contributed by atoms with Crippen LogP contribution in [-0.4, -0.2) is 26.0 Å². The van der Waals surface area contributed by atoms with E-state index in [-0.39, 0.29) is 17.3 Å². The van der Waals surface area contributed by atoms with Crippen LogP contribution in [0.3, 0.4) is 0 Å². The minimum Gasteiger partial charge on any atom is -0.477 e. The minimum absolute atomic E-state index is 0.0575. The van der Waals surface area contributed by atoms with E-state index < -0.39 is 5.97 Å². The number of ether oxygens (including phenoxy) is 1. The van der Waals surface area contributed by atoms with Crippen LogP contribution >= 0.6 is 0 Å². The van der Waals surface area contributed by atoms with Crippen molar-refractivity contribution in [3.8, 4) is 11.5 Å². The van der Waals surface area contributed by atoms with E-state index in [4.69, 9.17) is 4.74 Å². The number of para-hydroxylation sites is 3. The lowest BCUT2D eigenvalue weighted by Gasteiger charge is -2.14. The SMILES string of the molecule is O=C(O)c1cnc(NCc2ccccn2)nc1Nc1ccccc1Oc1ccccc1. The molecule has 0 atom stereocenters. The fourth-order valence-corrected chi connectivity index (χ4v) is 2.79. The van der Waals surface area contributed by atoms with Crippen LogP contribution in [0.4, 0.5) is 17.5 Å². The molecule has 2 aromatic heterocycles. The molecule has 0 amide bonds. The first-order chi connectivity index (χ1) is 15.2. The Morgan fingerprint density at radius 2 is 1.71 bits per heavy atom. The number of rotatable bonds is 8. The van der Waals surface area contributed by atoms with E-state index >= 15 is 0 Å². The van der Waals surface area contributed by atoms with E-state index in [1.165, 1.54) is 6.20 Å². The fraction of sp³-hybridized carbons (Fsp3) is 0.0435. The minimum atomic E-state index is -1.14. The van der Waals surface area contributed by atoms with Gasteiger partial charge in [-0.25, -0.2) is 9.78 Å². The van der Waals surface area contributed by atoms with Gasteiger partial charge in [-0.15, -0.1) is 0 Å². The monoisotopic (exact) mass is 413 g/mol. The molecule has 0 fully saturated rings. The van der Waals surface area contributed by atoms with Gasteiger partial charge < -0.3 is 20.5 Å². The van der Waals surface area contributed by atoms with Crippen LogP contribution in [0.1, 0.15) is 16.1 Å². The number of pyridine rings is 1. The lowest BCUT2D eigenvalue weighted by molar-refractivity contribution is 0.0697. The highest BCUT2D eigenvalue weighted by Gasteiger charge is 2.16. The van der Waals surface area contributed by atoms with Crippen LogP contribution in [0, 0.1) is 0 Å². The number of nitrogens with one attached hydrogen (secondary N) is 2. The average molecular weight is 413 g/mol. The van der Waals surface area contributed by atoms with Crippen LogP contribution < -0.4 is 15.4 Å². The maximum atomic E-state index is 11.7. The standard InChI is InChI=1S/C23H19N5O3/c29-22(30)18-15-26-23(25-14-16-8-6-7-13-24-16)28-21(18)27-19-11-4-5-12-20(19)31-17-9-2-1-3-10-17/h1-13,15H,14H2,(H,29,30)(H2,25,26,27,28). The molecular formula is C23H19N5O3. The van der Waals surface area contributed by atoms with Crippen LogP contribution in [0.2, 0.25) is 0 Å². The summed E-state index contributed by atoms with van der Waals surface area (Å²) < 4.78 is 5.94. The highest BCUT2D eigenvalue weighted by molar-refractivity contribution is 5.94. The van der Waals surface area contributed by atoms with Crippen LogP contribution in [0.5, 0.6) is 11.5 Å². The van der Waals surface area contributed by atoms with Gasteiger partial charge in [0.2, 0.25) is 5.95 Å². The molecule has 4 aromatic rings. The zero-order valence-corrected chi connectivity index (χ0v) is 16.4. The topological polar surface area (TPSA) is 109 Å². The van der Waals surface area contributed by atoms with Gasteiger partial charge in [0.05, 0.1) is 17.9 Å². The number of carboxylic acid groups (broad SMARTS) is 1. The smallest absolute Gasteiger partial charge is 0.341 e. The largest absolute Gasteiger partial charge is 0.477 e. The third-order valence-electron chi connectivity index (χ3n) is 4.28. The number of aromatic nitrogens is 3. The fourth-order valence-electron chi connectivity index (χ4n) is 2.79. The summed E-state index contributed by atoms with van der Waals surface area (Å²) in [5.74, 6) is 0.484. The molecule has 0 unspecified atom stereocenters. The molecule has 0 bridgehead atoms. The number of anilines is 3. The lowest BCUT2D eigenvalue weighted by atomic mass is 10.2. The van der Waals surface area contributed by atoms with Crippen molar-refractivity contribution in [1.29, 1.82) is 0 Å². The van der Waals surface area contributed by atoms with Crippen molar-refractivity contribution in [2.45, 2.75) is 6.54 Å². The van der Waals surface area contributed by atoms with Crippen LogP contribution in [0.25, 0.3) is 0 Å². The Bertz CT molecular complexity index is 1170. The van der Waals surface area contributed by atoms with E-state index in [2.05, 4.69) is 25.6 Å². The number of nitrogens with zero attached hydrogens (tertiary/aromatic N) is 3. The average Bonchev–Trinajstić information content (AvgIpc) is 2.80. The molecule has 0 aliphatic carbocycles. The first kappa shape index (κ1) is 19.8. The summed E-state index contributed by atoms with van der Waals surface area (Å²) >= 11 is 0. The molecule has 2 heterocycles. The molecule has 31 heavy (non-hydrogen) atoms. The predicted octanol–water partition coefficient (Wildman–Crippen LogP) is 4.72. The molecule has 8 heteroatoms. The van der Waals surface area contributed by atoms with Gasteiger partial charge >= 0.3 is 5.97 Å². The molecule has 154 valence electrons. The molecule has 4 rings (SSSR count). The van der Waals surface area contributed by atoms with Crippen LogP contribution in [0.15, 0.2) is 85.2 Å². The van der Waals surface area contributed by atoms with Crippen molar-refractivity contribution >= 4 is 23.4 Å². The van der Waals surface area contributed by atoms with Crippen molar-refractivity contribution in [2.24, 2.45) is 0 Å². The second kappa shape index (κ2) is 9.36. The summed E-state index contributed by atoms with van der Waals surface area (Å²) in [5, 5.41) is 15.7. The Labute approximate surface area is 178 Å². The summed E-state index contributed by atoms with van der Waals surface area (Å²) in [4.78, 5) is 24.4. The zero-order chi connectivity index (χ0) is 21.5. The van der Waals surface area contributed by atoms with Crippen LogP contribution in [-0.2, 0) is 6.54 Å². The molecule has 8 nitrogen and oxygen atoms in total. The van der Waals surface area contributed by atoms with Gasteiger partial charge in [0, 0.05) is 12.4 Å². The quantitative estimate of drug-likeness (QED) is 0.381. The first-order valence-electron chi connectivity index (χ1n) is 9.52. The van der Waals surface area contributed by atoms with E-state index in [1.807, 2.05) is 60.7 Å². The Kier molecular flexibility index (Phi) is 5.99. The van der Waals surface area contributed by atoms with Crippen molar-refractivity contribution in [3.05, 3.63) is 96.4 Å². The van der Waals surface area contributed by atoms with E-state index in [0.717, 1.165) is 5.69 Å². The lowest BCUT2D eigenvalue weighted by Crippen LogP contribution is -2.11. The Balaban J connectivity index is 1.59. The van der Waals surface area contributed by atoms with Gasteiger partial charge in [-0.3, -0.25) is 4.98 Å². The van der Waals surface area contributed by atoms with Gasteiger partial charge in [0.1, 0.15) is 11.3 Å². The van der Waals surface area contributed by atoms with Crippen molar-refractivity contribution in [2.75, 3.05) is 10.6 Å². The van der Waals surface area contributed by atoms with Gasteiger partial charge in [0.25, 0.3) is 0 Å². The predicted molar refractivity (Wildman–Crippen MR) is 117 cm³/mol. The summed E-state index contributed by atoms with van der Waals surface area (Å²) in [7, 11) is 0. The number of carboxylic acids is 1. The van der Waals surface area contributed by atoms with Crippen molar-refractivity contribution < 1.29 is 14.6 Å². The van der Waals surface area contributed by atoms with E-state index in [1.54, 1.807) is 18.3 Å². The number of hydrogen-bond acceptors (Lipinski definition) is 7. The van der Waals surface area contributed by atoms with E-state index in [0.29, 0.717) is 23.7 Å². The highest BCUT2D eigenvalue weighted by atomic mass is 16.5. The summed E-state index contributed by atoms with van der Waals surface area (Å²) in [5.41, 5.74) is 1.32. The number of hydrogen-bond donors (Lipinski definition) is 3. The maximum absolute atomic E-state index is 11.7. The molecule has 0 saturated carbocycles. The second-order valence-corrected chi connectivity index (χ2v) is 6.47. The number of carbonyl (C=O) groups is 1. The first-order valence-corrected chi connectivity index (χ1v) is 9.52. The molecule has 2 aromatic carbocycles. The molecular weight excluding hydrogens is 394 g/mol. The molecule has 0 aliphatic rings. The summed E-state index contributed by atoms with van der Waals surface area (Å²) in [6, 6.07) is 22.1. The molecule has 0 aliphatic heterocycles. The summed E-state index contributed by atoms with van der Waals surface area (Å²) in [6.45, 7) is 0.403. The van der Waals surface area contributed by atoms with Gasteiger partial charge in [-0.1, -0.05) is 36.4 Å². The van der Waals surface area contributed by atoms with Gasteiger partial charge in [-0.05, 0) is 36.4 Å². The van der Waals surface area contributed by atoms with Gasteiger partial charge in [-0.2, -0.15) is 4.98 Å². The van der Waals surface area contributed by atoms with E-state index in [9.17, 15) is 9.90 Å².